The first-order valence-electron chi connectivity index (χ1n) is 6.72. The van der Waals surface area contributed by atoms with Crippen LogP contribution in [0.25, 0.3) is 0 Å². The molecule has 0 unspecified atom stereocenters. The minimum absolute atomic E-state index is 0.128. The van der Waals surface area contributed by atoms with Crippen molar-refractivity contribution in [2.45, 2.75) is 13.3 Å². The molecule has 0 spiro atoms. The Bertz CT molecular complexity index is 430. The molecule has 0 atom stereocenters. The summed E-state index contributed by atoms with van der Waals surface area (Å²) in [6.07, 6.45) is 2.02. The van der Waals surface area contributed by atoms with Gasteiger partial charge in [-0.2, -0.15) is 0 Å². The van der Waals surface area contributed by atoms with Gasteiger partial charge in [0.2, 0.25) is 0 Å². The fourth-order valence-electron chi connectivity index (χ4n) is 1.36. The summed E-state index contributed by atoms with van der Waals surface area (Å²) in [4.78, 5) is 44.3. The zero-order chi connectivity index (χ0) is 17.7. The highest BCUT2D eigenvalue weighted by Gasteiger charge is 2.36. The van der Waals surface area contributed by atoms with Crippen LogP contribution in [0.4, 0.5) is 0 Å². The van der Waals surface area contributed by atoms with E-state index in [1.165, 1.54) is 0 Å². The van der Waals surface area contributed by atoms with Gasteiger partial charge in [0.05, 0.1) is 0 Å². The van der Waals surface area contributed by atoms with Crippen LogP contribution in [-0.4, -0.2) is 50.8 Å². The molecule has 23 heavy (non-hydrogen) atoms. The van der Waals surface area contributed by atoms with Crippen LogP contribution in [0.3, 0.4) is 0 Å². The maximum absolute atomic E-state index is 11.3. The molecule has 0 aliphatic carbocycles. The van der Waals surface area contributed by atoms with Crippen LogP contribution in [0.15, 0.2) is 25.3 Å². The molecule has 0 amide bonds. The number of rotatable bonds is 12. The third-order valence-electron chi connectivity index (χ3n) is 2.66. The Hall–Kier alpha value is -2.64. The van der Waals surface area contributed by atoms with Crippen LogP contribution in [0, 0.1) is 5.41 Å². The van der Waals surface area contributed by atoms with Gasteiger partial charge >= 0.3 is 17.9 Å². The highest BCUT2D eigenvalue weighted by Crippen LogP contribution is 2.21. The predicted octanol–water partition coefficient (Wildman–Crippen LogP) is 0.557. The summed E-state index contributed by atoms with van der Waals surface area (Å²) in [5.41, 5.74) is -1.23. The second kappa shape index (κ2) is 11.0. The Kier molecular flexibility index (Phi) is 9.74. The Morgan fingerprint density at radius 2 is 1.39 bits per heavy atom. The fourth-order valence-corrected chi connectivity index (χ4v) is 1.36. The summed E-state index contributed by atoms with van der Waals surface area (Å²) in [5, 5.41) is 0. The molecule has 0 aromatic rings. The Labute approximate surface area is 134 Å². The van der Waals surface area contributed by atoms with Crippen molar-refractivity contribution in [2.24, 2.45) is 5.41 Å². The molecule has 8 nitrogen and oxygen atoms in total. The van der Waals surface area contributed by atoms with Crippen molar-refractivity contribution in [3.63, 3.8) is 0 Å². The van der Waals surface area contributed by atoms with Crippen LogP contribution in [-0.2, 0) is 38.1 Å². The lowest BCUT2D eigenvalue weighted by molar-refractivity contribution is -0.164. The van der Waals surface area contributed by atoms with E-state index in [-0.39, 0.29) is 39.3 Å². The normalized spacial score (nSPS) is 10.1. The van der Waals surface area contributed by atoms with Gasteiger partial charge in [-0.1, -0.05) is 20.1 Å². The van der Waals surface area contributed by atoms with Gasteiger partial charge in [-0.25, -0.2) is 9.59 Å². The summed E-state index contributed by atoms with van der Waals surface area (Å²) >= 11 is 0. The van der Waals surface area contributed by atoms with Crippen molar-refractivity contribution in [1.29, 1.82) is 0 Å². The Balaban J connectivity index is 5.12. The summed E-state index contributed by atoms with van der Waals surface area (Å²) in [6, 6.07) is 0. The van der Waals surface area contributed by atoms with Gasteiger partial charge < -0.3 is 18.9 Å². The maximum atomic E-state index is 11.3. The van der Waals surface area contributed by atoms with Gasteiger partial charge in [-0.05, 0) is 0 Å². The Morgan fingerprint density at radius 3 is 1.78 bits per heavy atom. The molecule has 0 aromatic heterocycles. The third-order valence-corrected chi connectivity index (χ3v) is 2.66. The summed E-state index contributed by atoms with van der Waals surface area (Å²) in [5.74, 6) is -1.96. The van der Waals surface area contributed by atoms with Crippen LogP contribution < -0.4 is 0 Å². The van der Waals surface area contributed by atoms with Crippen LogP contribution >= 0.6 is 0 Å². The molecular formula is C15H20O8. The molecule has 0 aliphatic heterocycles. The summed E-state index contributed by atoms with van der Waals surface area (Å²) in [6.45, 7) is 7.10. The molecule has 0 aromatic carbocycles. The first kappa shape index (κ1) is 20.4. The third kappa shape index (κ3) is 8.40. The van der Waals surface area contributed by atoms with Crippen molar-refractivity contribution in [3.8, 4) is 0 Å². The van der Waals surface area contributed by atoms with Crippen LogP contribution in [0.5, 0.6) is 0 Å². The fraction of sp³-hybridized carbons (Fsp3) is 0.467. The molecule has 0 N–H and O–H groups in total. The average Bonchev–Trinajstić information content (AvgIpc) is 2.59. The maximum Gasteiger partial charge on any atom is 0.330 e. The zero-order valence-electron chi connectivity index (χ0n) is 12.9. The van der Waals surface area contributed by atoms with Gasteiger partial charge in [-0.3, -0.25) is 9.59 Å². The Morgan fingerprint density at radius 1 is 0.913 bits per heavy atom. The van der Waals surface area contributed by atoms with E-state index in [1.54, 1.807) is 6.92 Å². The molecular weight excluding hydrogens is 308 g/mol. The summed E-state index contributed by atoms with van der Waals surface area (Å²) in [7, 11) is 0. The van der Waals surface area contributed by atoms with E-state index in [9.17, 15) is 19.2 Å². The van der Waals surface area contributed by atoms with Gasteiger partial charge in [-0.15, -0.1) is 0 Å². The van der Waals surface area contributed by atoms with E-state index in [1.807, 2.05) is 0 Å². The molecule has 128 valence electrons. The highest BCUT2D eigenvalue weighted by atomic mass is 16.6. The predicted molar refractivity (Wildman–Crippen MR) is 78.0 cm³/mol. The van der Waals surface area contributed by atoms with E-state index in [2.05, 4.69) is 13.2 Å². The second-order valence-corrected chi connectivity index (χ2v) is 4.55. The number of carbonyl (C=O) groups excluding carboxylic acids is 4. The van der Waals surface area contributed by atoms with Gasteiger partial charge in [0, 0.05) is 18.6 Å². The van der Waals surface area contributed by atoms with Crippen molar-refractivity contribution >= 4 is 24.4 Å². The minimum atomic E-state index is -1.23. The lowest BCUT2D eigenvalue weighted by atomic mass is 9.92. The van der Waals surface area contributed by atoms with Gasteiger partial charge in [0.1, 0.15) is 31.8 Å². The lowest BCUT2D eigenvalue weighted by Crippen LogP contribution is -2.43. The minimum Gasteiger partial charge on any atom is -0.467 e. The first-order valence-corrected chi connectivity index (χ1v) is 6.72. The topological polar surface area (TPSA) is 105 Å². The molecule has 0 bridgehead atoms. The van der Waals surface area contributed by atoms with Crippen LogP contribution in [0.1, 0.15) is 13.3 Å². The number of esters is 3. The highest BCUT2D eigenvalue weighted by molar-refractivity contribution is 5.81. The van der Waals surface area contributed by atoms with Crippen molar-refractivity contribution in [1.82, 2.24) is 0 Å². The smallest absolute Gasteiger partial charge is 0.330 e. The SMILES string of the molecule is C=CC(=O)OCC(COC=O)(COC(=O)C=C)COC(=O)CC. The van der Waals surface area contributed by atoms with E-state index >= 15 is 0 Å². The van der Waals surface area contributed by atoms with E-state index < -0.39 is 23.3 Å². The molecule has 0 rings (SSSR count). The van der Waals surface area contributed by atoms with Crippen LogP contribution in [0.2, 0.25) is 0 Å². The number of carbonyl (C=O) groups is 4. The number of hydrogen-bond acceptors (Lipinski definition) is 8. The molecule has 0 radical (unpaired) electrons. The lowest BCUT2D eigenvalue weighted by Gasteiger charge is -2.30. The first-order chi connectivity index (χ1) is 10.9. The van der Waals surface area contributed by atoms with E-state index in [4.69, 9.17) is 18.9 Å². The standard InChI is InChI=1S/C15H20O8/c1-4-12(17)21-8-15(7-20-11-16,9-22-13(18)5-2)10-23-14(19)6-3/h4-5,11H,1-2,6-10H2,3H3. The van der Waals surface area contributed by atoms with Crippen molar-refractivity contribution in [3.05, 3.63) is 25.3 Å². The number of ether oxygens (including phenoxy) is 4. The quantitative estimate of drug-likeness (QED) is 0.221. The van der Waals surface area contributed by atoms with Crippen molar-refractivity contribution < 1.29 is 38.1 Å². The largest absolute Gasteiger partial charge is 0.467 e. The van der Waals surface area contributed by atoms with Crippen molar-refractivity contribution in [2.75, 3.05) is 26.4 Å². The average molecular weight is 328 g/mol. The number of hydrogen-bond donors (Lipinski definition) is 0. The molecule has 0 fully saturated rings. The monoisotopic (exact) mass is 328 g/mol. The van der Waals surface area contributed by atoms with Gasteiger partial charge in [0.15, 0.2) is 0 Å². The molecule has 0 saturated heterocycles. The molecule has 8 heteroatoms. The molecule has 0 heterocycles. The summed E-state index contributed by atoms with van der Waals surface area (Å²) < 4.78 is 19.6. The van der Waals surface area contributed by atoms with E-state index in [0.717, 1.165) is 12.2 Å². The molecule has 0 saturated carbocycles. The van der Waals surface area contributed by atoms with E-state index in [0.29, 0.717) is 0 Å². The molecule has 0 aliphatic rings. The second-order valence-electron chi connectivity index (χ2n) is 4.55. The van der Waals surface area contributed by atoms with Gasteiger partial charge in [0.25, 0.3) is 6.47 Å². The zero-order valence-corrected chi connectivity index (χ0v) is 12.9.